The van der Waals surface area contributed by atoms with E-state index in [1.54, 1.807) is 13.0 Å². The highest BCUT2D eigenvalue weighted by Crippen LogP contribution is 2.20. The summed E-state index contributed by atoms with van der Waals surface area (Å²) in [5.74, 6) is 0.552. The van der Waals surface area contributed by atoms with Gasteiger partial charge < -0.3 is 9.73 Å². The molecule has 0 unspecified atom stereocenters. The molecule has 0 saturated heterocycles. The lowest BCUT2D eigenvalue weighted by Crippen LogP contribution is -2.10. The summed E-state index contributed by atoms with van der Waals surface area (Å²) in [6, 6.07) is 16.0. The summed E-state index contributed by atoms with van der Waals surface area (Å²) in [5.41, 5.74) is 3.82. The van der Waals surface area contributed by atoms with E-state index in [2.05, 4.69) is 36.5 Å². The molecule has 25 heavy (non-hydrogen) atoms. The summed E-state index contributed by atoms with van der Waals surface area (Å²) >= 11 is 0. The molecule has 0 aliphatic carbocycles. The quantitative estimate of drug-likeness (QED) is 0.584. The van der Waals surface area contributed by atoms with Crippen LogP contribution in [0.5, 0.6) is 0 Å². The molecule has 3 aromatic rings. The van der Waals surface area contributed by atoms with Crippen LogP contribution in [0.25, 0.3) is 11.0 Å². The predicted molar refractivity (Wildman–Crippen MR) is 104 cm³/mol. The lowest BCUT2D eigenvalue weighted by atomic mass is 10.1. The summed E-state index contributed by atoms with van der Waals surface area (Å²) in [7, 11) is 0. The van der Waals surface area contributed by atoms with Gasteiger partial charge in [-0.2, -0.15) is 0 Å². The van der Waals surface area contributed by atoms with Crippen LogP contribution in [0.4, 0.5) is 5.88 Å². The highest BCUT2D eigenvalue weighted by molar-refractivity contribution is 5.78. The first-order chi connectivity index (χ1) is 12.2. The van der Waals surface area contributed by atoms with Gasteiger partial charge in [-0.15, -0.1) is 0 Å². The number of fused-ring (bicyclic) bond motifs is 1. The largest absolute Gasteiger partial charge is 0.440 e. The molecule has 0 aliphatic rings. The zero-order chi connectivity index (χ0) is 17.6. The minimum Gasteiger partial charge on any atom is -0.440 e. The van der Waals surface area contributed by atoms with Crippen LogP contribution in [0.15, 0.2) is 57.7 Å². The van der Waals surface area contributed by atoms with E-state index >= 15 is 0 Å². The van der Waals surface area contributed by atoms with Gasteiger partial charge in [0.25, 0.3) is 0 Å². The van der Waals surface area contributed by atoms with Crippen molar-refractivity contribution < 1.29 is 4.42 Å². The van der Waals surface area contributed by atoms with Crippen LogP contribution >= 0.6 is 0 Å². The highest BCUT2D eigenvalue weighted by atomic mass is 16.3. The lowest BCUT2D eigenvalue weighted by Gasteiger charge is -2.10. The third-order valence-electron chi connectivity index (χ3n) is 4.57. The van der Waals surface area contributed by atoms with E-state index in [0.29, 0.717) is 29.0 Å². The Kier molecular flexibility index (Phi) is 5.54. The second kappa shape index (κ2) is 8.02. The van der Waals surface area contributed by atoms with E-state index in [-0.39, 0.29) is 5.43 Å². The summed E-state index contributed by atoms with van der Waals surface area (Å²) in [6.45, 7) is 4.66. The lowest BCUT2D eigenvalue weighted by molar-refractivity contribution is 0.609. The number of nitrogens with one attached hydrogen (secondary N) is 1. The molecule has 0 radical (unpaired) electrons. The van der Waals surface area contributed by atoms with Crippen LogP contribution < -0.4 is 10.7 Å². The fourth-order valence-electron chi connectivity index (χ4n) is 2.99. The number of benzene rings is 2. The summed E-state index contributed by atoms with van der Waals surface area (Å²) in [6.07, 6.45) is 4.91. The smallest absolute Gasteiger partial charge is 0.200 e. The number of unbranched alkanes of at least 4 members (excludes halogenated alkanes) is 2. The number of hydrogen-bond acceptors (Lipinski definition) is 3. The molecular formula is C22H25NO2. The Morgan fingerprint density at radius 1 is 0.960 bits per heavy atom. The van der Waals surface area contributed by atoms with E-state index in [0.717, 1.165) is 6.42 Å². The van der Waals surface area contributed by atoms with Gasteiger partial charge in [0.15, 0.2) is 5.43 Å². The Bertz CT molecular complexity index is 894. The number of aryl methyl sites for hydroxylation is 1. The van der Waals surface area contributed by atoms with Gasteiger partial charge in [0.05, 0.1) is 10.9 Å². The number of anilines is 1. The van der Waals surface area contributed by atoms with Crippen molar-refractivity contribution in [3.63, 3.8) is 0 Å². The van der Waals surface area contributed by atoms with Gasteiger partial charge in [-0.25, -0.2) is 0 Å². The van der Waals surface area contributed by atoms with E-state index in [4.69, 9.17) is 4.42 Å². The second-order valence-electron chi connectivity index (χ2n) is 6.51. The molecule has 0 aliphatic heterocycles. The van der Waals surface area contributed by atoms with E-state index < -0.39 is 0 Å². The third kappa shape index (κ3) is 4.11. The molecule has 130 valence electrons. The highest BCUT2D eigenvalue weighted by Gasteiger charge is 2.10. The topological polar surface area (TPSA) is 42.2 Å². The normalized spacial score (nSPS) is 11.0. The zero-order valence-corrected chi connectivity index (χ0v) is 15.0. The summed E-state index contributed by atoms with van der Waals surface area (Å²) in [5, 5.41) is 3.89. The minimum atomic E-state index is 0.0237. The van der Waals surface area contributed by atoms with Crippen LogP contribution in [0.1, 0.15) is 42.9 Å². The van der Waals surface area contributed by atoms with Crippen molar-refractivity contribution >= 4 is 16.9 Å². The van der Waals surface area contributed by atoms with Crippen LogP contribution in [-0.4, -0.2) is 0 Å². The first kappa shape index (κ1) is 17.3. The molecule has 0 amide bonds. The fraction of sp³-hybridized carbons (Fsp3) is 0.318. The Balaban J connectivity index is 1.70. The molecule has 3 heteroatoms. The van der Waals surface area contributed by atoms with Crippen molar-refractivity contribution in [2.75, 3.05) is 5.32 Å². The number of rotatable bonds is 7. The van der Waals surface area contributed by atoms with Crippen molar-refractivity contribution in [1.82, 2.24) is 0 Å². The monoisotopic (exact) mass is 335 g/mol. The van der Waals surface area contributed by atoms with E-state index in [9.17, 15) is 4.79 Å². The number of para-hydroxylation sites is 1. The van der Waals surface area contributed by atoms with Gasteiger partial charge in [0.1, 0.15) is 5.58 Å². The molecule has 2 aromatic carbocycles. The SMILES string of the molecule is CCCCCc1ccc(CNc2oc3ccccc3c(=O)c2C)cc1. The first-order valence-corrected chi connectivity index (χ1v) is 9.03. The van der Waals surface area contributed by atoms with E-state index in [1.165, 1.54) is 30.4 Å². The zero-order valence-electron chi connectivity index (χ0n) is 15.0. The Morgan fingerprint density at radius 3 is 2.44 bits per heavy atom. The Morgan fingerprint density at radius 2 is 1.68 bits per heavy atom. The number of hydrogen-bond donors (Lipinski definition) is 1. The van der Waals surface area contributed by atoms with Crippen molar-refractivity contribution in [2.45, 2.75) is 46.1 Å². The molecule has 3 nitrogen and oxygen atoms in total. The van der Waals surface area contributed by atoms with Crippen molar-refractivity contribution in [3.05, 3.63) is 75.4 Å². The Hall–Kier alpha value is -2.55. The van der Waals surface area contributed by atoms with Crippen molar-refractivity contribution in [3.8, 4) is 0 Å². The fourth-order valence-corrected chi connectivity index (χ4v) is 2.99. The second-order valence-corrected chi connectivity index (χ2v) is 6.51. The molecule has 0 fully saturated rings. The van der Waals surface area contributed by atoms with Crippen LogP contribution in [0.3, 0.4) is 0 Å². The van der Waals surface area contributed by atoms with Crippen LogP contribution in [0, 0.1) is 6.92 Å². The predicted octanol–water partition coefficient (Wildman–Crippen LogP) is 5.45. The Labute approximate surface area is 148 Å². The maximum Gasteiger partial charge on any atom is 0.200 e. The molecule has 1 heterocycles. The average molecular weight is 335 g/mol. The molecule has 1 aromatic heterocycles. The van der Waals surface area contributed by atoms with Gasteiger partial charge in [-0.1, -0.05) is 56.2 Å². The van der Waals surface area contributed by atoms with Gasteiger partial charge in [-0.3, -0.25) is 4.79 Å². The molecule has 0 atom stereocenters. The van der Waals surface area contributed by atoms with E-state index in [1.807, 2.05) is 18.2 Å². The van der Waals surface area contributed by atoms with Gasteiger partial charge in [-0.05, 0) is 43.0 Å². The molecule has 0 spiro atoms. The molecule has 3 rings (SSSR count). The first-order valence-electron chi connectivity index (χ1n) is 9.03. The van der Waals surface area contributed by atoms with Crippen molar-refractivity contribution in [1.29, 1.82) is 0 Å². The third-order valence-corrected chi connectivity index (χ3v) is 4.57. The summed E-state index contributed by atoms with van der Waals surface area (Å²) in [4.78, 5) is 12.4. The molecule has 0 saturated carbocycles. The molecule has 0 bridgehead atoms. The van der Waals surface area contributed by atoms with Crippen molar-refractivity contribution in [2.24, 2.45) is 0 Å². The average Bonchev–Trinajstić information content (AvgIpc) is 2.65. The van der Waals surface area contributed by atoms with Crippen LogP contribution in [0.2, 0.25) is 0 Å². The summed E-state index contributed by atoms with van der Waals surface area (Å²) < 4.78 is 5.87. The standard InChI is InChI=1S/C22H25NO2/c1-3-4-5-8-17-11-13-18(14-12-17)15-23-22-16(2)21(24)19-9-6-7-10-20(19)25-22/h6-7,9-14,23H,3-5,8,15H2,1-2H3. The maximum atomic E-state index is 12.4. The van der Waals surface area contributed by atoms with Gasteiger partial charge in [0.2, 0.25) is 5.88 Å². The van der Waals surface area contributed by atoms with Gasteiger partial charge >= 0.3 is 0 Å². The molecular weight excluding hydrogens is 310 g/mol. The maximum absolute atomic E-state index is 12.4. The van der Waals surface area contributed by atoms with Crippen LogP contribution in [-0.2, 0) is 13.0 Å². The minimum absolute atomic E-state index is 0.0237. The van der Waals surface area contributed by atoms with Gasteiger partial charge in [0, 0.05) is 6.54 Å². The molecule has 1 N–H and O–H groups in total.